The second kappa shape index (κ2) is 6.57. The van der Waals surface area contributed by atoms with Gasteiger partial charge >= 0.3 is 5.97 Å². The number of fused-ring (bicyclic) bond motifs is 1. The summed E-state index contributed by atoms with van der Waals surface area (Å²) in [4.78, 5) is 16.2. The van der Waals surface area contributed by atoms with Crippen LogP contribution in [0.3, 0.4) is 0 Å². The fourth-order valence-electron chi connectivity index (χ4n) is 2.17. The van der Waals surface area contributed by atoms with E-state index in [0.717, 1.165) is 22.2 Å². The number of nitrogens with zero attached hydrogens (tertiary/aromatic N) is 1. The van der Waals surface area contributed by atoms with Crippen molar-refractivity contribution in [2.75, 3.05) is 0 Å². The molecule has 4 heteroatoms. The van der Waals surface area contributed by atoms with Crippen molar-refractivity contribution in [3.8, 4) is 5.75 Å². The zero-order chi connectivity index (χ0) is 15.4. The van der Waals surface area contributed by atoms with Crippen molar-refractivity contribution in [1.29, 1.82) is 0 Å². The standard InChI is InChI=1S/C17H21NO3/c1-11(2)20-15-8-7-13(10-16(19)21-12(3)4)14-6-5-9-18-17(14)15/h5-9,11-12H,10H2,1-4H3. The lowest BCUT2D eigenvalue weighted by atomic mass is 10.0. The summed E-state index contributed by atoms with van der Waals surface area (Å²) in [7, 11) is 0. The average molecular weight is 287 g/mol. The molecule has 4 nitrogen and oxygen atoms in total. The molecule has 0 aliphatic heterocycles. The topological polar surface area (TPSA) is 48.4 Å². The Hall–Kier alpha value is -2.10. The average Bonchev–Trinajstić information content (AvgIpc) is 2.40. The minimum atomic E-state index is -0.229. The van der Waals surface area contributed by atoms with Crippen molar-refractivity contribution < 1.29 is 14.3 Å². The van der Waals surface area contributed by atoms with E-state index in [2.05, 4.69) is 4.98 Å². The quantitative estimate of drug-likeness (QED) is 0.789. The number of hydrogen-bond donors (Lipinski definition) is 0. The molecule has 2 aromatic rings. The Kier molecular flexibility index (Phi) is 4.78. The van der Waals surface area contributed by atoms with Gasteiger partial charge in [0.15, 0.2) is 0 Å². The molecule has 0 atom stereocenters. The van der Waals surface area contributed by atoms with Crippen LogP contribution >= 0.6 is 0 Å². The van der Waals surface area contributed by atoms with Gasteiger partial charge in [-0.3, -0.25) is 9.78 Å². The zero-order valence-electron chi connectivity index (χ0n) is 12.9. The number of carbonyl (C=O) groups excluding carboxylic acids is 1. The first-order valence-electron chi connectivity index (χ1n) is 7.20. The molecule has 0 bridgehead atoms. The van der Waals surface area contributed by atoms with E-state index in [1.54, 1.807) is 6.20 Å². The van der Waals surface area contributed by atoms with E-state index >= 15 is 0 Å². The summed E-state index contributed by atoms with van der Waals surface area (Å²) in [6, 6.07) is 7.59. The smallest absolute Gasteiger partial charge is 0.310 e. The van der Waals surface area contributed by atoms with E-state index in [4.69, 9.17) is 9.47 Å². The number of pyridine rings is 1. The van der Waals surface area contributed by atoms with Crippen molar-refractivity contribution in [1.82, 2.24) is 4.98 Å². The van der Waals surface area contributed by atoms with Crippen LogP contribution in [0.15, 0.2) is 30.5 Å². The van der Waals surface area contributed by atoms with Gasteiger partial charge in [0.05, 0.1) is 18.6 Å². The van der Waals surface area contributed by atoms with Crippen molar-refractivity contribution in [2.24, 2.45) is 0 Å². The third-order valence-corrected chi connectivity index (χ3v) is 2.89. The van der Waals surface area contributed by atoms with Gasteiger partial charge in [-0.2, -0.15) is 0 Å². The van der Waals surface area contributed by atoms with Crippen LogP contribution in [0.2, 0.25) is 0 Å². The van der Waals surface area contributed by atoms with E-state index in [9.17, 15) is 4.79 Å². The highest BCUT2D eigenvalue weighted by atomic mass is 16.5. The molecule has 0 unspecified atom stereocenters. The number of carbonyl (C=O) groups is 1. The Labute approximate surface area is 125 Å². The maximum atomic E-state index is 11.9. The van der Waals surface area contributed by atoms with E-state index in [1.165, 1.54) is 0 Å². The first-order chi connectivity index (χ1) is 9.97. The molecule has 0 radical (unpaired) electrons. The van der Waals surface area contributed by atoms with Crippen LogP contribution in [0.5, 0.6) is 5.75 Å². The largest absolute Gasteiger partial charge is 0.489 e. The molecule has 0 aliphatic carbocycles. The molecule has 1 aromatic heterocycles. The van der Waals surface area contributed by atoms with E-state index < -0.39 is 0 Å². The molecular weight excluding hydrogens is 266 g/mol. The van der Waals surface area contributed by atoms with Gasteiger partial charge in [-0.25, -0.2) is 0 Å². The van der Waals surface area contributed by atoms with E-state index in [1.807, 2.05) is 52.0 Å². The third-order valence-electron chi connectivity index (χ3n) is 2.89. The Morgan fingerprint density at radius 3 is 2.57 bits per heavy atom. The summed E-state index contributed by atoms with van der Waals surface area (Å²) in [6.07, 6.45) is 1.94. The van der Waals surface area contributed by atoms with Gasteiger partial charge in [-0.05, 0) is 45.4 Å². The summed E-state index contributed by atoms with van der Waals surface area (Å²) < 4.78 is 11.0. The number of benzene rings is 1. The van der Waals surface area contributed by atoms with Gasteiger partial charge in [-0.1, -0.05) is 12.1 Å². The Morgan fingerprint density at radius 1 is 1.14 bits per heavy atom. The number of ether oxygens (including phenoxy) is 2. The van der Waals surface area contributed by atoms with Crippen LogP contribution in [0.25, 0.3) is 10.9 Å². The van der Waals surface area contributed by atoms with Crippen molar-refractivity contribution in [2.45, 2.75) is 46.3 Å². The number of aromatic nitrogens is 1. The van der Waals surface area contributed by atoms with Gasteiger partial charge in [0.1, 0.15) is 11.3 Å². The van der Waals surface area contributed by atoms with Crippen LogP contribution in [0, 0.1) is 0 Å². The highest BCUT2D eigenvalue weighted by Crippen LogP contribution is 2.28. The van der Waals surface area contributed by atoms with Crippen molar-refractivity contribution >= 4 is 16.9 Å². The Bertz CT molecular complexity index is 635. The molecule has 0 saturated heterocycles. The lowest BCUT2D eigenvalue weighted by Gasteiger charge is -2.14. The summed E-state index contributed by atoms with van der Waals surface area (Å²) in [5.74, 6) is 0.509. The monoisotopic (exact) mass is 287 g/mol. The minimum absolute atomic E-state index is 0.0759. The second-order valence-corrected chi connectivity index (χ2v) is 5.50. The van der Waals surface area contributed by atoms with Crippen LogP contribution in [0.1, 0.15) is 33.3 Å². The summed E-state index contributed by atoms with van der Waals surface area (Å²) in [5, 5.41) is 0.927. The molecule has 0 amide bonds. The fraction of sp³-hybridized carbons (Fsp3) is 0.412. The SMILES string of the molecule is CC(C)OC(=O)Cc1ccc(OC(C)C)c2ncccc12. The lowest BCUT2D eigenvalue weighted by Crippen LogP contribution is -2.14. The normalized spacial score (nSPS) is 11.1. The second-order valence-electron chi connectivity index (χ2n) is 5.50. The zero-order valence-corrected chi connectivity index (χ0v) is 12.9. The summed E-state index contributed by atoms with van der Waals surface area (Å²) in [6.45, 7) is 7.64. The Balaban J connectivity index is 2.36. The first kappa shape index (κ1) is 15.3. The molecule has 1 heterocycles. The summed E-state index contributed by atoms with van der Waals surface area (Å²) >= 11 is 0. The molecule has 0 spiro atoms. The molecule has 0 saturated carbocycles. The molecule has 1 aromatic carbocycles. The molecular formula is C17H21NO3. The maximum absolute atomic E-state index is 11.9. The number of esters is 1. The van der Waals surface area contributed by atoms with Crippen LogP contribution in [-0.2, 0) is 16.0 Å². The van der Waals surface area contributed by atoms with Gasteiger partial charge in [0, 0.05) is 11.6 Å². The minimum Gasteiger partial charge on any atom is -0.489 e. The van der Waals surface area contributed by atoms with Crippen LogP contribution in [-0.4, -0.2) is 23.2 Å². The number of rotatable bonds is 5. The van der Waals surface area contributed by atoms with Crippen LogP contribution in [0.4, 0.5) is 0 Å². The third kappa shape index (κ3) is 3.94. The van der Waals surface area contributed by atoms with Crippen molar-refractivity contribution in [3.63, 3.8) is 0 Å². The molecule has 0 aliphatic rings. The fourth-order valence-corrected chi connectivity index (χ4v) is 2.17. The highest BCUT2D eigenvalue weighted by molar-refractivity contribution is 5.90. The van der Waals surface area contributed by atoms with Crippen molar-refractivity contribution in [3.05, 3.63) is 36.0 Å². The summed E-state index contributed by atoms with van der Waals surface area (Å²) in [5.41, 5.74) is 1.68. The number of hydrogen-bond acceptors (Lipinski definition) is 4. The molecule has 2 rings (SSSR count). The van der Waals surface area contributed by atoms with E-state index in [-0.39, 0.29) is 24.6 Å². The van der Waals surface area contributed by atoms with Gasteiger partial charge in [0.2, 0.25) is 0 Å². The van der Waals surface area contributed by atoms with Gasteiger partial charge < -0.3 is 9.47 Å². The molecule has 0 N–H and O–H groups in total. The Morgan fingerprint density at radius 2 is 1.90 bits per heavy atom. The highest BCUT2D eigenvalue weighted by Gasteiger charge is 2.13. The molecule has 21 heavy (non-hydrogen) atoms. The van der Waals surface area contributed by atoms with Crippen LogP contribution < -0.4 is 4.74 Å². The molecule has 112 valence electrons. The lowest BCUT2D eigenvalue weighted by molar-refractivity contribution is -0.146. The molecule has 0 fully saturated rings. The van der Waals surface area contributed by atoms with Gasteiger partial charge in [0.25, 0.3) is 0 Å². The first-order valence-corrected chi connectivity index (χ1v) is 7.20. The predicted octanol–water partition coefficient (Wildman–Crippen LogP) is 3.52. The van der Waals surface area contributed by atoms with Gasteiger partial charge in [-0.15, -0.1) is 0 Å². The maximum Gasteiger partial charge on any atom is 0.310 e. The predicted molar refractivity (Wildman–Crippen MR) is 82.4 cm³/mol. The van der Waals surface area contributed by atoms with E-state index in [0.29, 0.717) is 0 Å².